The fourth-order valence-corrected chi connectivity index (χ4v) is 4.00. The van der Waals surface area contributed by atoms with E-state index < -0.39 is 12.0 Å². The van der Waals surface area contributed by atoms with Crippen LogP contribution in [0.25, 0.3) is 0 Å². The van der Waals surface area contributed by atoms with Crippen molar-refractivity contribution >= 4 is 40.9 Å². The minimum atomic E-state index is -0.976. The van der Waals surface area contributed by atoms with Gasteiger partial charge < -0.3 is 15.7 Å². The van der Waals surface area contributed by atoms with E-state index in [9.17, 15) is 14.7 Å². The summed E-state index contributed by atoms with van der Waals surface area (Å²) in [6, 6.07) is 3.83. The molecule has 2 unspecified atom stereocenters. The molecule has 0 spiro atoms. The van der Waals surface area contributed by atoms with Gasteiger partial charge in [0.2, 0.25) is 0 Å². The summed E-state index contributed by atoms with van der Waals surface area (Å²) in [4.78, 5) is 25.5. The number of amides is 1. The molecule has 1 aliphatic heterocycles. The topological polar surface area (TPSA) is 83.6 Å². The lowest BCUT2D eigenvalue weighted by Gasteiger charge is -2.27. The molecular formula is C14H17ClN2O3S. The van der Waals surface area contributed by atoms with Crippen LogP contribution in [0, 0.1) is 0 Å². The molecular weight excluding hydrogens is 312 g/mol. The summed E-state index contributed by atoms with van der Waals surface area (Å²) >= 11 is 7.45. The van der Waals surface area contributed by atoms with Crippen LogP contribution in [0.5, 0.6) is 0 Å². The highest BCUT2D eigenvalue weighted by atomic mass is 35.5. The number of aliphatic carboxylic acids is 1. The number of carboxylic acid groups (broad SMARTS) is 1. The van der Waals surface area contributed by atoms with E-state index >= 15 is 0 Å². The average Bonchev–Trinajstić information content (AvgIpc) is 2.85. The first-order valence-electron chi connectivity index (χ1n) is 6.67. The third kappa shape index (κ3) is 3.27. The highest BCUT2D eigenvalue weighted by Gasteiger charge is 2.41. The molecule has 0 saturated carbocycles. The van der Waals surface area contributed by atoms with Crippen LogP contribution in [-0.4, -0.2) is 39.1 Å². The van der Waals surface area contributed by atoms with E-state index in [1.54, 1.807) is 12.1 Å². The molecule has 1 fully saturated rings. The van der Waals surface area contributed by atoms with Crippen molar-refractivity contribution < 1.29 is 14.7 Å². The molecule has 1 saturated heterocycles. The highest BCUT2D eigenvalue weighted by Crippen LogP contribution is 2.34. The van der Waals surface area contributed by atoms with Gasteiger partial charge in [-0.15, -0.1) is 11.8 Å². The Hall–Kier alpha value is -1.40. The van der Waals surface area contributed by atoms with Crippen LogP contribution in [0.1, 0.15) is 30.1 Å². The summed E-state index contributed by atoms with van der Waals surface area (Å²) < 4.78 is 0. The lowest BCUT2D eigenvalue weighted by Crippen LogP contribution is -2.45. The van der Waals surface area contributed by atoms with E-state index in [1.165, 1.54) is 22.7 Å². The largest absolute Gasteiger partial charge is 0.480 e. The Morgan fingerprint density at radius 1 is 1.52 bits per heavy atom. The number of anilines is 1. The Balaban J connectivity index is 2.31. The number of nitrogens with two attached hydrogens (primary N) is 1. The van der Waals surface area contributed by atoms with Crippen molar-refractivity contribution in [3.63, 3.8) is 0 Å². The molecule has 0 bridgehead atoms. The molecule has 7 heteroatoms. The van der Waals surface area contributed by atoms with Crippen molar-refractivity contribution in [1.29, 1.82) is 0 Å². The van der Waals surface area contributed by atoms with Crippen LogP contribution in [-0.2, 0) is 4.79 Å². The molecule has 1 heterocycles. The second-order valence-electron chi connectivity index (χ2n) is 4.88. The zero-order valence-corrected chi connectivity index (χ0v) is 13.2. The van der Waals surface area contributed by atoms with Gasteiger partial charge in [0, 0.05) is 11.3 Å². The van der Waals surface area contributed by atoms with E-state index in [1.807, 2.05) is 6.92 Å². The summed E-state index contributed by atoms with van der Waals surface area (Å²) in [5, 5.41) is 9.50. The van der Waals surface area contributed by atoms with E-state index in [4.69, 9.17) is 17.3 Å². The number of benzene rings is 1. The summed E-state index contributed by atoms with van der Waals surface area (Å²) in [5.74, 6) is -0.877. The summed E-state index contributed by atoms with van der Waals surface area (Å²) in [6.45, 7) is 2.01. The number of carbonyl (C=O) groups is 2. The first-order valence-corrected chi connectivity index (χ1v) is 8.10. The van der Waals surface area contributed by atoms with Gasteiger partial charge in [0.05, 0.1) is 16.1 Å². The molecule has 0 radical (unpaired) electrons. The fraction of sp³-hybridized carbons (Fsp3) is 0.429. The number of carboxylic acids is 1. The van der Waals surface area contributed by atoms with Crippen LogP contribution >= 0.6 is 23.4 Å². The molecule has 3 N–H and O–H groups in total. The average molecular weight is 329 g/mol. The normalized spacial score (nSPS) is 21.5. The number of nitrogens with zero attached hydrogens (tertiary/aromatic N) is 1. The third-order valence-corrected chi connectivity index (χ3v) is 5.08. The van der Waals surface area contributed by atoms with Crippen molar-refractivity contribution in [3.05, 3.63) is 28.8 Å². The van der Waals surface area contributed by atoms with E-state index in [-0.39, 0.29) is 11.3 Å². The van der Waals surface area contributed by atoms with Crippen LogP contribution in [0.3, 0.4) is 0 Å². The van der Waals surface area contributed by atoms with Gasteiger partial charge in [-0.2, -0.15) is 0 Å². The van der Waals surface area contributed by atoms with Crippen molar-refractivity contribution in [2.45, 2.75) is 31.2 Å². The number of nitrogen functional groups attached to an aromatic ring is 1. The molecule has 5 nitrogen and oxygen atoms in total. The third-order valence-electron chi connectivity index (χ3n) is 3.40. The number of rotatable bonds is 4. The Kier molecular flexibility index (Phi) is 5.00. The van der Waals surface area contributed by atoms with Crippen molar-refractivity contribution in [2.24, 2.45) is 0 Å². The van der Waals surface area contributed by atoms with Gasteiger partial charge in [-0.05, 0) is 24.6 Å². The van der Waals surface area contributed by atoms with Gasteiger partial charge in [-0.1, -0.05) is 24.9 Å². The van der Waals surface area contributed by atoms with Crippen LogP contribution in [0.15, 0.2) is 18.2 Å². The summed E-state index contributed by atoms with van der Waals surface area (Å²) in [7, 11) is 0. The van der Waals surface area contributed by atoms with Crippen LogP contribution in [0.2, 0.25) is 5.02 Å². The van der Waals surface area contributed by atoms with E-state index in [0.717, 1.165) is 12.8 Å². The highest BCUT2D eigenvalue weighted by molar-refractivity contribution is 8.00. The zero-order chi connectivity index (χ0) is 15.6. The Morgan fingerprint density at radius 2 is 2.24 bits per heavy atom. The van der Waals surface area contributed by atoms with Crippen molar-refractivity contribution in [1.82, 2.24) is 4.90 Å². The van der Waals surface area contributed by atoms with Crippen molar-refractivity contribution in [2.75, 3.05) is 11.5 Å². The minimum absolute atomic E-state index is 0.111. The van der Waals surface area contributed by atoms with Gasteiger partial charge >= 0.3 is 5.97 Å². The quantitative estimate of drug-likeness (QED) is 0.830. The van der Waals surface area contributed by atoms with Gasteiger partial charge in [0.1, 0.15) is 6.04 Å². The van der Waals surface area contributed by atoms with Crippen molar-refractivity contribution in [3.8, 4) is 0 Å². The van der Waals surface area contributed by atoms with Gasteiger partial charge in [0.25, 0.3) is 5.91 Å². The molecule has 0 aliphatic carbocycles. The minimum Gasteiger partial charge on any atom is -0.480 e. The smallest absolute Gasteiger partial charge is 0.327 e. The number of hydrogen-bond donors (Lipinski definition) is 2. The Labute approximate surface area is 132 Å². The number of thioether (sulfide) groups is 1. The molecule has 1 aliphatic rings. The number of halogens is 1. The maximum Gasteiger partial charge on any atom is 0.327 e. The number of hydrogen-bond acceptors (Lipinski definition) is 4. The van der Waals surface area contributed by atoms with Crippen LogP contribution < -0.4 is 5.73 Å². The Bertz CT molecular complexity index is 567. The van der Waals surface area contributed by atoms with Gasteiger partial charge in [0.15, 0.2) is 0 Å². The summed E-state index contributed by atoms with van der Waals surface area (Å²) in [5.41, 5.74) is 6.40. The second-order valence-corrected chi connectivity index (χ2v) is 6.50. The molecule has 21 heavy (non-hydrogen) atoms. The maximum atomic E-state index is 12.7. The fourth-order valence-electron chi connectivity index (χ4n) is 2.30. The van der Waals surface area contributed by atoms with E-state index in [2.05, 4.69) is 0 Å². The monoisotopic (exact) mass is 328 g/mol. The molecule has 1 aromatic rings. The second kappa shape index (κ2) is 6.58. The first kappa shape index (κ1) is 16.0. The molecule has 1 aromatic carbocycles. The van der Waals surface area contributed by atoms with Crippen LogP contribution in [0.4, 0.5) is 5.69 Å². The zero-order valence-electron chi connectivity index (χ0n) is 11.6. The predicted molar refractivity (Wildman–Crippen MR) is 84.6 cm³/mol. The lowest BCUT2D eigenvalue weighted by molar-refractivity contribution is -0.141. The van der Waals surface area contributed by atoms with Gasteiger partial charge in [-0.3, -0.25) is 4.79 Å². The molecule has 0 aromatic heterocycles. The van der Waals surface area contributed by atoms with E-state index in [0.29, 0.717) is 22.0 Å². The molecule has 1 amide bonds. The summed E-state index contributed by atoms with van der Waals surface area (Å²) in [6.07, 6.45) is 1.65. The molecule has 2 rings (SSSR count). The predicted octanol–water partition coefficient (Wildman–Crippen LogP) is 2.69. The van der Waals surface area contributed by atoms with Gasteiger partial charge in [-0.25, -0.2) is 4.79 Å². The Morgan fingerprint density at radius 3 is 2.81 bits per heavy atom. The lowest BCUT2D eigenvalue weighted by atomic mass is 10.1. The number of carbonyl (C=O) groups excluding carboxylic acids is 1. The molecule has 2 atom stereocenters. The molecule has 114 valence electrons. The SMILES string of the molecule is CCCC1SCC(C(=O)O)N1C(=O)c1ccc(N)c(Cl)c1. The first-order chi connectivity index (χ1) is 9.95. The standard InChI is InChI=1S/C14H17ClN2O3S/c1-2-3-12-17(11(7-21-12)14(19)20)13(18)8-4-5-10(16)9(15)6-8/h4-6,11-12H,2-3,7,16H2,1H3,(H,19,20). The maximum absolute atomic E-state index is 12.7.